The first-order valence-corrected chi connectivity index (χ1v) is 6.95. The van der Waals surface area contributed by atoms with Gasteiger partial charge in [-0.15, -0.1) is 0 Å². The molecular formula is C13H22N2OS. The Morgan fingerprint density at radius 2 is 1.88 bits per heavy atom. The molecule has 2 saturated carbocycles. The molecule has 2 aliphatic rings. The SMILES string of the molecule is CC1CC(C(=O)N(C)C2CCCC2)(C(N)=S)C1. The molecule has 3 nitrogen and oxygen atoms in total. The fourth-order valence-electron chi connectivity index (χ4n) is 3.41. The van der Waals surface area contributed by atoms with Gasteiger partial charge in [0, 0.05) is 13.1 Å². The van der Waals surface area contributed by atoms with Crippen LogP contribution in [0.5, 0.6) is 0 Å². The molecule has 0 aliphatic heterocycles. The summed E-state index contributed by atoms with van der Waals surface area (Å²) in [6, 6.07) is 0.407. The normalized spacial score (nSPS) is 33.2. The van der Waals surface area contributed by atoms with E-state index in [-0.39, 0.29) is 5.91 Å². The third kappa shape index (κ3) is 2.07. The van der Waals surface area contributed by atoms with Gasteiger partial charge in [0.05, 0.1) is 10.4 Å². The smallest absolute Gasteiger partial charge is 0.235 e. The number of thiocarbonyl (C=S) groups is 1. The van der Waals surface area contributed by atoms with Gasteiger partial charge in [0.1, 0.15) is 0 Å². The zero-order valence-electron chi connectivity index (χ0n) is 10.7. The number of nitrogens with zero attached hydrogens (tertiary/aromatic N) is 1. The Hall–Kier alpha value is -0.640. The second-order valence-electron chi connectivity index (χ2n) is 5.81. The second kappa shape index (κ2) is 4.56. The van der Waals surface area contributed by atoms with Gasteiger partial charge in [-0.1, -0.05) is 32.0 Å². The van der Waals surface area contributed by atoms with Crippen LogP contribution in [0.4, 0.5) is 0 Å². The van der Waals surface area contributed by atoms with Gasteiger partial charge in [-0.2, -0.15) is 0 Å². The average molecular weight is 254 g/mol. The molecule has 0 saturated heterocycles. The van der Waals surface area contributed by atoms with Crippen LogP contribution in [-0.4, -0.2) is 28.9 Å². The highest BCUT2D eigenvalue weighted by atomic mass is 32.1. The lowest BCUT2D eigenvalue weighted by Gasteiger charge is -2.47. The Kier molecular flexibility index (Phi) is 3.43. The lowest BCUT2D eigenvalue weighted by atomic mass is 9.61. The summed E-state index contributed by atoms with van der Waals surface area (Å²) in [7, 11) is 1.92. The summed E-state index contributed by atoms with van der Waals surface area (Å²) >= 11 is 5.13. The van der Waals surface area contributed by atoms with Crippen LogP contribution < -0.4 is 5.73 Å². The maximum atomic E-state index is 12.6. The molecule has 2 N–H and O–H groups in total. The van der Waals surface area contributed by atoms with E-state index >= 15 is 0 Å². The molecule has 0 atom stereocenters. The average Bonchev–Trinajstić information content (AvgIpc) is 2.75. The van der Waals surface area contributed by atoms with Crippen molar-refractivity contribution < 1.29 is 4.79 Å². The van der Waals surface area contributed by atoms with E-state index in [1.807, 2.05) is 11.9 Å². The van der Waals surface area contributed by atoms with Crippen molar-refractivity contribution in [2.45, 2.75) is 51.5 Å². The van der Waals surface area contributed by atoms with Crippen molar-refractivity contribution >= 4 is 23.1 Å². The second-order valence-corrected chi connectivity index (χ2v) is 6.25. The quantitative estimate of drug-likeness (QED) is 0.784. The van der Waals surface area contributed by atoms with Gasteiger partial charge >= 0.3 is 0 Å². The molecule has 96 valence electrons. The minimum Gasteiger partial charge on any atom is -0.392 e. The third-order valence-electron chi connectivity index (χ3n) is 4.47. The van der Waals surface area contributed by atoms with Crippen LogP contribution >= 0.6 is 12.2 Å². The third-order valence-corrected chi connectivity index (χ3v) is 4.86. The molecule has 2 aliphatic carbocycles. The van der Waals surface area contributed by atoms with Crippen LogP contribution in [0.1, 0.15) is 45.4 Å². The molecule has 0 aromatic carbocycles. The summed E-state index contributed by atoms with van der Waals surface area (Å²) < 4.78 is 0. The van der Waals surface area contributed by atoms with Crippen molar-refractivity contribution in [1.29, 1.82) is 0 Å². The van der Waals surface area contributed by atoms with Gasteiger partial charge in [0.2, 0.25) is 5.91 Å². The van der Waals surface area contributed by atoms with Crippen LogP contribution in [0.2, 0.25) is 0 Å². The molecule has 0 aromatic heterocycles. The Balaban J connectivity index is 2.09. The predicted octanol–water partition coefficient (Wildman–Crippen LogP) is 2.09. The van der Waals surface area contributed by atoms with Crippen molar-refractivity contribution in [3.8, 4) is 0 Å². The Labute approximate surface area is 109 Å². The van der Waals surface area contributed by atoms with E-state index in [0.29, 0.717) is 16.9 Å². The van der Waals surface area contributed by atoms with Crippen LogP contribution in [0.15, 0.2) is 0 Å². The van der Waals surface area contributed by atoms with Crippen LogP contribution in [0.3, 0.4) is 0 Å². The molecule has 0 radical (unpaired) electrons. The molecule has 0 unspecified atom stereocenters. The van der Waals surface area contributed by atoms with Gasteiger partial charge < -0.3 is 10.6 Å². The molecule has 17 heavy (non-hydrogen) atoms. The number of hydrogen-bond donors (Lipinski definition) is 1. The molecule has 4 heteroatoms. The number of amides is 1. The van der Waals surface area contributed by atoms with E-state index in [1.54, 1.807) is 0 Å². The van der Waals surface area contributed by atoms with Gasteiger partial charge in [-0.25, -0.2) is 0 Å². The van der Waals surface area contributed by atoms with Crippen LogP contribution in [0, 0.1) is 11.3 Å². The fourth-order valence-corrected chi connectivity index (χ4v) is 3.66. The van der Waals surface area contributed by atoms with Gasteiger partial charge in [0.15, 0.2) is 0 Å². The first-order chi connectivity index (χ1) is 7.97. The predicted molar refractivity (Wildman–Crippen MR) is 72.6 cm³/mol. The summed E-state index contributed by atoms with van der Waals surface area (Å²) in [5.74, 6) is 0.729. The zero-order chi connectivity index (χ0) is 12.6. The van der Waals surface area contributed by atoms with E-state index in [9.17, 15) is 4.79 Å². The number of carbonyl (C=O) groups excluding carboxylic acids is 1. The number of nitrogens with two attached hydrogens (primary N) is 1. The largest absolute Gasteiger partial charge is 0.392 e. The number of rotatable bonds is 3. The summed E-state index contributed by atoms with van der Waals surface area (Å²) in [6.45, 7) is 2.15. The van der Waals surface area contributed by atoms with Gasteiger partial charge in [-0.05, 0) is 31.6 Å². The summed E-state index contributed by atoms with van der Waals surface area (Å²) in [4.78, 5) is 14.9. The maximum Gasteiger partial charge on any atom is 0.235 e. The molecule has 0 aromatic rings. The Morgan fingerprint density at radius 3 is 2.29 bits per heavy atom. The first-order valence-electron chi connectivity index (χ1n) is 6.54. The van der Waals surface area contributed by atoms with E-state index < -0.39 is 5.41 Å². The molecule has 1 amide bonds. The molecule has 0 spiro atoms. The number of hydrogen-bond acceptors (Lipinski definition) is 2. The minimum atomic E-state index is -0.522. The topological polar surface area (TPSA) is 46.3 Å². The van der Waals surface area contributed by atoms with E-state index in [2.05, 4.69) is 6.92 Å². The van der Waals surface area contributed by atoms with Crippen molar-refractivity contribution in [3.63, 3.8) is 0 Å². The van der Waals surface area contributed by atoms with Gasteiger partial charge in [-0.3, -0.25) is 4.79 Å². The lowest BCUT2D eigenvalue weighted by Crippen LogP contribution is -2.57. The molecule has 2 fully saturated rings. The fraction of sp³-hybridized carbons (Fsp3) is 0.846. The zero-order valence-corrected chi connectivity index (χ0v) is 11.6. The monoisotopic (exact) mass is 254 g/mol. The summed E-state index contributed by atoms with van der Waals surface area (Å²) in [5.41, 5.74) is 5.29. The van der Waals surface area contributed by atoms with E-state index in [1.165, 1.54) is 12.8 Å². The Morgan fingerprint density at radius 1 is 1.35 bits per heavy atom. The molecule has 0 heterocycles. The van der Waals surface area contributed by atoms with Crippen molar-refractivity contribution in [2.24, 2.45) is 17.1 Å². The number of carbonyl (C=O) groups is 1. The Bertz CT molecular complexity index is 330. The maximum absolute atomic E-state index is 12.6. The van der Waals surface area contributed by atoms with Crippen molar-refractivity contribution in [2.75, 3.05) is 7.05 Å². The van der Waals surface area contributed by atoms with Gasteiger partial charge in [0.25, 0.3) is 0 Å². The van der Waals surface area contributed by atoms with Crippen molar-refractivity contribution in [3.05, 3.63) is 0 Å². The minimum absolute atomic E-state index is 0.162. The van der Waals surface area contributed by atoms with Crippen molar-refractivity contribution in [1.82, 2.24) is 4.90 Å². The summed E-state index contributed by atoms with van der Waals surface area (Å²) in [6.07, 6.45) is 6.39. The molecular weight excluding hydrogens is 232 g/mol. The first kappa shape index (κ1) is 12.8. The highest BCUT2D eigenvalue weighted by Crippen LogP contribution is 2.47. The standard InChI is InChI=1S/C13H22N2OS/c1-9-7-13(8-9,11(14)17)12(16)15(2)10-5-3-4-6-10/h9-10H,3-8H2,1-2H3,(H2,14,17). The highest BCUT2D eigenvalue weighted by Gasteiger charge is 2.52. The van der Waals surface area contributed by atoms with Crippen LogP contribution in [-0.2, 0) is 4.79 Å². The molecule has 0 bridgehead atoms. The lowest BCUT2D eigenvalue weighted by molar-refractivity contribution is -0.144. The molecule has 2 rings (SSSR count). The highest BCUT2D eigenvalue weighted by molar-refractivity contribution is 7.80. The summed E-state index contributed by atoms with van der Waals surface area (Å²) in [5, 5.41) is 0. The van der Waals surface area contributed by atoms with E-state index in [0.717, 1.165) is 25.7 Å². The van der Waals surface area contributed by atoms with Crippen LogP contribution in [0.25, 0.3) is 0 Å². The van der Waals surface area contributed by atoms with E-state index in [4.69, 9.17) is 18.0 Å².